The molecule has 27 heavy (non-hydrogen) atoms. The van der Waals surface area contributed by atoms with Crippen molar-refractivity contribution in [1.29, 1.82) is 0 Å². The van der Waals surface area contributed by atoms with Crippen molar-refractivity contribution >= 4 is 52.1 Å². The van der Waals surface area contributed by atoms with E-state index in [1.807, 2.05) is 17.0 Å². The summed E-state index contributed by atoms with van der Waals surface area (Å²) >= 11 is 23.7. The molecule has 0 unspecified atom stereocenters. The van der Waals surface area contributed by atoms with Crippen LogP contribution in [-0.2, 0) is 19.4 Å². The molecule has 144 valence electrons. The van der Waals surface area contributed by atoms with Gasteiger partial charge in [0.25, 0.3) is 0 Å². The van der Waals surface area contributed by atoms with Crippen molar-refractivity contribution in [2.24, 2.45) is 0 Å². The molecule has 3 rings (SSSR count). The van der Waals surface area contributed by atoms with Gasteiger partial charge in [0.05, 0.1) is 15.1 Å². The number of thiocarbonyl (C=S) groups is 1. The van der Waals surface area contributed by atoms with E-state index < -0.39 is 0 Å². The fourth-order valence-electron chi connectivity index (χ4n) is 3.24. The van der Waals surface area contributed by atoms with Crippen molar-refractivity contribution in [2.75, 3.05) is 13.1 Å². The average Bonchev–Trinajstić information content (AvgIpc) is 2.66. The van der Waals surface area contributed by atoms with Gasteiger partial charge in [-0.25, -0.2) is 0 Å². The molecule has 0 atom stereocenters. The van der Waals surface area contributed by atoms with E-state index in [9.17, 15) is 10.2 Å². The molecule has 0 amide bonds. The standard InChI is InChI=1S/C19H19Cl3N2O2S/c1-10-12-5-7-24(9-13(12)16(22)18(26)17(10)25)19(27)23-6-4-11-2-3-14(20)15(21)8-11/h2-3,8,25-26H,4-7,9H2,1H3,(H,23,27). The minimum absolute atomic E-state index is 0.144. The zero-order chi connectivity index (χ0) is 19.7. The molecular formula is C19H19Cl3N2O2S. The molecule has 0 aromatic heterocycles. The van der Waals surface area contributed by atoms with Gasteiger partial charge in [-0.2, -0.15) is 0 Å². The lowest BCUT2D eigenvalue weighted by Gasteiger charge is -2.33. The van der Waals surface area contributed by atoms with Crippen LogP contribution in [0.25, 0.3) is 0 Å². The predicted molar refractivity (Wildman–Crippen MR) is 114 cm³/mol. The molecule has 0 aliphatic carbocycles. The lowest BCUT2D eigenvalue weighted by molar-refractivity contribution is 0.373. The first-order chi connectivity index (χ1) is 12.8. The number of benzene rings is 2. The van der Waals surface area contributed by atoms with E-state index in [4.69, 9.17) is 47.0 Å². The van der Waals surface area contributed by atoms with Crippen molar-refractivity contribution < 1.29 is 10.2 Å². The van der Waals surface area contributed by atoms with E-state index in [-0.39, 0.29) is 16.5 Å². The van der Waals surface area contributed by atoms with Gasteiger partial charge in [-0.3, -0.25) is 0 Å². The van der Waals surface area contributed by atoms with Crippen molar-refractivity contribution in [1.82, 2.24) is 10.2 Å². The number of fused-ring (bicyclic) bond motifs is 1. The van der Waals surface area contributed by atoms with Crippen molar-refractivity contribution in [3.05, 3.63) is 55.5 Å². The smallest absolute Gasteiger partial charge is 0.177 e. The maximum Gasteiger partial charge on any atom is 0.177 e. The van der Waals surface area contributed by atoms with Gasteiger partial charge in [0.1, 0.15) is 0 Å². The van der Waals surface area contributed by atoms with E-state index in [1.54, 1.807) is 13.0 Å². The van der Waals surface area contributed by atoms with E-state index in [2.05, 4.69) is 5.32 Å². The summed E-state index contributed by atoms with van der Waals surface area (Å²) in [6, 6.07) is 5.57. The summed E-state index contributed by atoms with van der Waals surface area (Å²) in [5, 5.41) is 25.1. The van der Waals surface area contributed by atoms with Crippen LogP contribution in [0.1, 0.15) is 22.3 Å². The molecule has 0 saturated heterocycles. The van der Waals surface area contributed by atoms with Gasteiger partial charge < -0.3 is 20.4 Å². The van der Waals surface area contributed by atoms with Crippen LogP contribution in [0.15, 0.2) is 18.2 Å². The summed E-state index contributed by atoms with van der Waals surface area (Å²) in [5.74, 6) is -0.414. The average molecular weight is 446 g/mol. The Bertz CT molecular complexity index is 905. The van der Waals surface area contributed by atoms with E-state index >= 15 is 0 Å². The molecule has 4 nitrogen and oxygen atoms in total. The quantitative estimate of drug-likeness (QED) is 0.466. The largest absolute Gasteiger partial charge is 0.504 e. The second-order valence-corrected chi connectivity index (χ2v) is 8.07. The molecule has 2 aromatic carbocycles. The molecule has 0 bridgehead atoms. The topological polar surface area (TPSA) is 55.7 Å². The summed E-state index contributed by atoms with van der Waals surface area (Å²) < 4.78 is 0. The number of aromatic hydroxyl groups is 2. The maximum absolute atomic E-state index is 10.0. The minimum Gasteiger partial charge on any atom is -0.504 e. The summed E-state index contributed by atoms with van der Waals surface area (Å²) in [6.07, 6.45) is 1.46. The summed E-state index contributed by atoms with van der Waals surface area (Å²) in [4.78, 5) is 2.01. The summed E-state index contributed by atoms with van der Waals surface area (Å²) in [5.41, 5.74) is 3.53. The number of nitrogens with one attached hydrogen (secondary N) is 1. The number of hydrogen-bond acceptors (Lipinski definition) is 3. The third-order valence-corrected chi connectivity index (χ3v) is 6.36. The van der Waals surface area contributed by atoms with Gasteiger partial charge in [0.15, 0.2) is 16.6 Å². The zero-order valence-electron chi connectivity index (χ0n) is 14.7. The first kappa shape index (κ1) is 20.3. The lowest BCUT2D eigenvalue weighted by Crippen LogP contribution is -2.43. The first-order valence-electron chi connectivity index (χ1n) is 8.48. The van der Waals surface area contributed by atoms with Gasteiger partial charge in [0, 0.05) is 19.6 Å². The molecule has 0 saturated carbocycles. The molecule has 1 aliphatic rings. The number of rotatable bonds is 3. The van der Waals surface area contributed by atoms with Crippen molar-refractivity contribution in [2.45, 2.75) is 26.3 Å². The Morgan fingerprint density at radius 2 is 1.89 bits per heavy atom. The molecule has 1 heterocycles. The van der Waals surface area contributed by atoms with Crippen LogP contribution in [-0.4, -0.2) is 33.3 Å². The van der Waals surface area contributed by atoms with Gasteiger partial charge in [-0.15, -0.1) is 0 Å². The van der Waals surface area contributed by atoms with Crippen molar-refractivity contribution in [3.63, 3.8) is 0 Å². The van der Waals surface area contributed by atoms with E-state index in [1.165, 1.54) is 0 Å². The Kier molecular flexibility index (Phi) is 6.26. The van der Waals surface area contributed by atoms with Gasteiger partial charge >= 0.3 is 0 Å². The number of nitrogens with zero attached hydrogens (tertiary/aromatic N) is 1. The zero-order valence-corrected chi connectivity index (χ0v) is 17.7. The summed E-state index contributed by atoms with van der Waals surface area (Å²) in [6.45, 7) is 3.65. The Morgan fingerprint density at radius 1 is 1.15 bits per heavy atom. The third-order valence-electron chi connectivity index (χ3n) is 4.81. The SMILES string of the molecule is Cc1c(O)c(O)c(Cl)c2c1CCN(C(=S)NCCc1ccc(Cl)c(Cl)c1)C2. The molecule has 2 aromatic rings. The highest BCUT2D eigenvalue weighted by atomic mass is 35.5. The third kappa shape index (κ3) is 4.21. The normalized spacial score (nSPS) is 13.4. The van der Waals surface area contributed by atoms with Crippen LogP contribution in [0.2, 0.25) is 15.1 Å². The van der Waals surface area contributed by atoms with Crippen LogP contribution in [0.3, 0.4) is 0 Å². The van der Waals surface area contributed by atoms with Gasteiger partial charge in [-0.05, 0) is 66.4 Å². The molecule has 8 heteroatoms. The fourth-order valence-corrected chi connectivity index (χ4v) is 4.08. The van der Waals surface area contributed by atoms with Crippen molar-refractivity contribution in [3.8, 4) is 11.5 Å². The predicted octanol–water partition coefficient (Wildman–Crippen LogP) is 4.84. The summed E-state index contributed by atoms with van der Waals surface area (Å²) in [7, 11) is 0. The molecule has 1 aliphatic heterocycles. The van der Waals surface area contributed by atoms with Crippen LogP contribution >= 0.6 is 47.0 Å². The number of phenolic OH excluding ortho intramolecular Hbond substituents is 2. The Hall–Kier alpha value is -1.40. The molecular weight excluding hydrogens is 427 g/mol. The molecule has 0 spiro atoms. The highest BCUT2D eigenvalue weighted by Crippen LogP contribution is 2.43. The van der Waals surface area contributed by atoms with Gasteiger partial charge in [0.2, 0.25) is 0 Å². The number of hydrogen-bond donors (Lipinski definition) is 3. The second-order valence-electron chi connectivity index (χ2n) is 6.50. The highest BCUT2D eigenvalue weighted by molar-refractivity contribution is 7.80. The van der Waals surface area contributed by atoms with E-state index in [0.717, 1.165) is 23.1 Å². The maximum atomic E-state index is 10.0. The van der Waals surface area contributed by atoms with Crippen LogP contribution in [0, 0.1) is 6.92 Å². The molecule has 3 N–H and O–H groups in total. The van der Waals surface area contributed by atoms with Crippen LogP contribution in [0.4, 0.5) is 0 Å². The lowest BCUT2D eigenvalue weighted by atomic mass is 9.94. The molecule has 0 radical (unpaired) electrons. The highest BCUT2D eigenvalue weighted by Gasteiger charge is 2.26. The number of phenols is 2. The van der Waals surface area contributed by atoms with E-state index in [0.29, 0.717) is 46.8 Å². The van der Waals surface area contributed by atoms with Gasteiger partial charge in [-0.1, -0.05) is 40.9 Å². The second kappa shape index (κ2) is 8.31. The Labute approximate surface area is 178 Å². The molecule has 0 fully saturated rings. The Morgan fingerprint density at radius 3 is 2.59 bits per heavy atom. The fraction of sp³-hybridized carbons (Fsp3) is 0.316. The minimum atomic E-state index is -0.270. The van der Waals surface area contributed by atoms with Crippen LogP contribution in [0.5, 0.6) is 11.5 Å². The Balaban J connectivity index is 1.63. The first-order valence-corrected chi connectivity index (χ1v) is 10.0. The number of halogens is 3. The van der Waals surface area contributed by atoms with Crippen LogP contribution < -0.4 is 5.32 Å². The monoisotopic (exact) mass is 444 g/mol.